The number of benzene rings is 1. The number of aliphatic hydroxyl groups excluding tert-OH is 1. The van der Waals surface area contributed by atoms with Crippen molar-refractivity contribution in [2.45, 2.75) is 32.9 Å². The molecule has 5 nitrogen and oxygen atoms in total. The molecule has 1 aliphatic heterocycles. The Balaban J connectivity index is 1.79. The number of rotatable bonds is 5. The van der Waals surface area contributed by atoms with Crippen molar-refractivity contribution in [1.82, 2.24) is 9.55 Å². The molecule has 2 aromatic heterocycles. The molecule has 1 aromatic carbocycles. The number of hydrogen-bond acceptors (Lipinski definition) is 3. The number of nitrogens with one attached hydrogen (secondary N) is 1. The summed E-state index contributed by atoms with van der Waals surface area (Å²) < 4.78 is 7.86. The van der Waals surface area contributed by atoms with Crippen molar-refractivity contribution >= 4 is 22.7 Å². The molecule has 0 radical (unpaired) electrons. The molecule has 3 aromatic rings. The van der Waals surface area contributed by atoms with Crippen LogP contribution in [0.4, 0.5) is 0 Å². The van der Waals surface area contributed by atoms with Gasteiger partial charge in [-0.15, -0.1) is 0 Å². The molecule has 5 heteroatoms. The number of hydrogen-bond donors (Lipinski definition) is 2. The highest BCUT2D eigenvalue weighted by Gasteiger charge is 2.27. The van der Waals surface area contributed by atoms with Crippen LogP contribution in [0.5, 0.6) is 0 Å². The van der Waals surface area contributed by atoms with E-state index in [1.165, 1.54) is 5.56 Å². The Bertz CT molecular complexity index is 1040. The zero-order valence-electron chi connectivity index (χ0n) is 16.0. The van der Waals surface area contributed by atoms with Crippen LogP contribution in [-0.2, 0) is 11.3 Å². The van der Waals surface area contributed by atoms with Crippen molar-refractivity contribution in [1.29, 1.82) is 0 Å². The van der Waals surface area contributed by atoms with Gasteiger partial charge in [-0.3, -0.25) is 4.99 Å². The summed E-state index contributed by atoms with van der Waals surface area (Å²) in [5.41, 5.74) is 7.51. The summed E-state index contributed by atoms with van der Waals surface area (Å²) in [6, 6.07) is 12.5. The lowest BCUT2D eigenvalue weighted by Gasteiger charge is -2.10. The molecule has 0 aliphatic carbocycles. The molecular weight excluding hydrogens is 338 g/mol. The third-order valence-electron chi connectivity index (χ3n) is 5.17. The Morgan fingerprint density at radius 2 is 2.11 bits per heavy atom. The van der Waals surface area contributed by atoms with Gasteiger partial charge >= 0.3 is 0 Å². The van der Waals surface area contributed by atoms with Gasteiger partial charge in [-0.25, -0.2) is 0 Å². The minimum absolute atomic E-state index is 0.0661. The Morgan fingerprint density at radius 1 is 1.30 bits per heavy atom. The summed E-state index contributed by atoms with van der Waals surface area (Å²) in [7, 11) is 1.73. The summed E-state index contributed by atoms with van der Waals surface area (Å²) in [6.45, 7) is 4.79. The number of para-hydroxylation sites is 1. The van der Waals surface area contributed by atoms with Gasteiger partial charge in [-0.2, -0.15) is 0 Å². The normalized spacial score (nSPS) is 18.6. The molecule has 0 amide bonds. The van der Waals surface area contributed by atoms with Crippen molar-refractivity contribution < 1.29 is 9.84 Å². The molecule has 4 rings (SSSR count). The Hall–Kier alpha value is -2.63. The average Bonchev–Trinajstić information content (AvgIpc) is 3.31. The minimum Gasteiger partial charge on any atom is -0.395 e. The fraction of sp³-hybridized carbons (Fsp3) is 0.318. The monoisotopic (exact) mass is 363 g/mol. The van der Waals surface area contributed by atoms with Crippen LogP contribution in [0.2, 0.25) is 0 Å². The van der Waals surface area contributed by atoms with Gasteiger partial charge < -0.3 is 19.4 Å². The van der Waals surface area contributed by atoms with Crippen molar-refractivity contribution in [3.63, 3.8) is 0 Å². The minimum atomic E-state index is -0.0661. The summed E-state index contributed by atoms with van der Waals surface area (Å²) in [5.74, 6) is 0. The van der Waals surface area contributed by atoms with Gasteiger partial charge in [0.1, 0.15) is 6.10 Å². The zero-order chi connectivity index (χ0) is 19.0. The fourth-order valence-electron chi connectivity index (χ4n) is 3.88. The third kappa shape index (κ3) is 3.24. The maximum atomic E-state index is 9.54. The molecule has 27 heavy (non-hydrogen) atoms. The average molecular weight is 363 g/mol. The van der Waals surface area contributed by atoms with Crippen LogP contribution >= 0.6 is 0 Å². The number of methoxy groups -OCH3 is 1. The van der Waals surface area contributed by atoms with Gasteiger partial charge in [0, 0.05) is 42.4 Å². The number of aromatic nitrogens is 2. The van der Waals surface area contributed by atoms with Crippen molar-refractivity contribution in [2.24, 2.45) is 4.99 Å². The van der Waals surface area contributed by atoms with Gasteiger partial charge in [0.05, 0.1) is 23.7 Å². The van der Waals surface area contributed by atoms with E-state index in [4.69, 9.17) is 9.73 Å². The molecule has 0 spiro atoms. The van der Waals surface area contributed by atoms with E-state index in [2.05, 4.69) is 53.7 Å². The number of H-pyrrole nitrogens is 1. The molecule has 0 saturated carbocycles. The second-order valence-corrected chi connectivity index (χ2v) is 7.07. The highest BCUT2D eigenvalue weighted by atomic mass is 16.5. The lowest BCUT2D eigenvalue weighted by Crippen LogP contribution is -2.14. The SMILES string of the molecule is COC1CC(c2cc3ccccc3n2CCO)=N/C1=C\c1[nH]c(C)cc1C. The molecule has 3 heterocycles. The number of ether oxygens (including phenoxy) is 1. The van der Waals surface area contributed by atoms with E-state index >= 15 is 0 Å². The van der Waals surface area contributed by atoms with Gasteiger partial charge in [0.25, 0.3) is 0 Å². The lowest BCUT2D eigenvalue weighted by molar-refractivity contribution is 0.142. The third-order valence-corrected chi connectivity index (χ3v) is 5.17. The van der Waals surface area contributed by atoms with E-state index in [0.29, 0.717) is 6.54 Å². The fourth-order valence-corrected chi connectivity index (χ4v) is 3.88. The first-order valence-electron chi connectivity index (χ1n) is 9.28. The van der Waals surface area contributed by atoms with Crippen LogP contribution in [0, 0.1) is 13.8 Å². The molecular formula is C22H25N3O2. The second-order valence-electron chi connectivity index (χ2n) is 7.07. The second kappa shape index (κ2) is 7.18. The Morgan fingerprint density at radius 3 is 2.81 bits per heavy atom. The largest absolute Gasteiger partial charge is 0.395 e. The smallest absolute Gasteiger partial charge is 0.105 e. The molecule has 140 valence electrons. The van der Waals surface area contributed by atoms with Crippen molar-refractivity contribution in [3.05, 3.63) is 64.7 Å². The first-order valence-corrected chi connectivity index (χ1v) is 9.28. The summed E-state index contributed by atoms with van der Waals surface area (Å²) >= 11 is 0. The molecule has 0 saturated heterocycles. The van der Waals surface area contributed by atoms with Crippen molar-refractivity contribution in [3.8, 4) is 0 Å². The topological polar surface area (TPSA) is 62.5 Å². The predicted octanol–water partition coefficient (Wildman–Crippen LogP) is 3.83. The number of aryl methyl sites for hydroxylation is 2. The summed E-state index contributed by atoms with van der Waals surface area (Å²) in [4.78, 5) is 8.31. The van der Waals surface area contributed by atoms with E-state index in [9.17, 15) is 5.11 Å². The molecule has 1 aliphatic rings. The Labute approximate surface area is 159 Å². The highest BCUT2D eigenvalue weighted by Crippen LogP contribution is 2.30. The number of aromatic amines is 1. The van der Waals surface area contributed by atoms with Crippen LogP contribution in [0.1, 0.15) is 29.1 Å². The van der Waals surface area contributed by atoms with Crippen LogP contribution < -0.4 is 0 Å². The Kier molecular flexibility index (Phi) is 4.72. The first kappa shape index (κ1) is 17.8. The molecule has 2 N–H and O–H groups in total. The van der Waals surface area contributed by atoms with Gasteiger partial charge in [-0.05, 0) is 43.7 Å². The van der Waals surface area contributed by atoms with Gasteiger partial charge in [0.15, 0.2) is 0 Å². The zero-order valence-corrected chi connectivity index (χ0v) is 16.0. The van der Waals surface area contributed by atoms with Gasteiger partial charge in [0.2, 0.25) is 0 Å². The van der Waals surface area contributed by atoms with E-state index in [-0.39, 0.29) is 12.7 Å². The number of aliphatic imine (C=N–C) groups is 1. The van der Waals surface area contributed by atoms with Crippen LogP contribution in [0.15, 0.2) is 47.1 Å². The van der Waals surface area contributed by atoms with Crippen LogP contribution in [0.25, 0.3) is 17.0 Å². The van der Waals surface area contributed by atoms with E-state index in [0.717, 1.165) is 45.8 Å². The molecule has 0 bridgehead atoms. The predicted molar refractivity (Wildman–Crippen MR) is 109 cm³/mol. The standard InChI is InChI=1S/C22H25N3O2/c1-14-10-15(2)23-17(14)12-19-22(27-3)13-18(24-19)21-11-16-6-4-5-7-20(16)25(21)8-9-26/h4-7,10-12,22-23,26H,8-9,13H2,1-3H3/b19-12-. The summed E-state index contributed by atoms with van der Waals surface area (Å²) in [6.07, 6.45) is 2.74. The van der Waals surface area contributed by atoms with Crippen LogP contribution in [-0.4, -0.2) is 40.2 Å². The maximum absolute atomic E-state index is 9.54. The number of aliphatic hydroxyl groups is 1. The molecule has 1 atom stereocenters. The molecule has 0 fully saturated rings. The highest BCUT2D eigenvalue weighted by molar-refractivity contribution is 6.06. The summed E-state index contributed by atoms with van der Waals surface area (Å²) in [5, 5.41) is 10.7. The van der Waals surface area contributed by atoms with E-state index in [1.54, 1.807) is 7.11 Å². The van der Waals surface area contributed by atoms with Crippen molar-refractivity contribution in [2.75, 3.05) is 13.7 Å². The first-order chi connectivity index (χ1) is 13.1. The number of fused-ring (bicyclic) bond motifs is 1. The van der Waals surface area contributed by atoms with E-state index < -0.39 is 0 Å². The maximum Gasteiger partial charge on any atom is 0.105 e. The van der Waals surface area contributed by atoms with E-state index in [1.807, 2.05) is 12.1 Å². The lowest BCUT2D eigenvalue weighted by atomic mass is 10.1. The van der Waals surface area contributed by atoms with Gasteiger partial charge in [-0.1, -0.05) is 18.2 Å². The molecule has 1 unspecified atom stereocenters. The quantitative estimate of drug-likeness (QED) is 0.724. The number of nitrogens with zero attached hydrogens (tertiary/aromatic N) is 2. The van der Waals surface area contributed by atoms with Crippen LogP contribution in [0.3, 0.4) is 0 Å².